The van der Waals surface area contributed by atoms with Crippen molar-refractivity contribution in [3.8, 4) is 0 Å². The summed E-state index contributed by atoms with van der Waals surface area (Å²) in [5.74, 6) is 5.90. The van der Waals surface area contributed by atoms with Gasteiger partial charge in [-0.15, -0.1) is 5.10 Å². The number of nitrogen functional groups attached to an aromatic ring is 1. The van der Waals surface area contributed by atoms with Gasteiger partial charge in [-0.25, -0.2) is 25.7 Å². The number of hydrogen-bond acceptors (Lipinski definition) is 8. The second kappa shape index (κ2) is 6.29. The van der Waals surface area contributed by atoms with Gasteiger partial charge in [0.1, 0.15) is 10.8 Å². The molecule has 20 heavy (non-hydrogen) atoms. The zero-order valence-electron chi connectivity index (χ0n) is 11.2. The fourth-order valence-electron chi connectivity index (χ4n) is 1.53. The highest BCUT2D eigenvalue weighted by Crippen LogP contribution is 2.27. The quantitative estimate of drug-likeness (QED) is 0.247. The molecule has 0 aliphatic heterocycles. The smallest absolute Gasteiger partial charge is 0.308 e. The summed E-state index contributed by atoms with van der Waals surface area (Å²) >= 11 is 2.69. The number of nitrogens with two attached hydrogens (primary N) is 1. The number of hydrazine groups is 1. The van der Waals surface area contributed by atoms with E-state index in [9.17, 15) is 4.79 Å². The van der Waals surface area contributed by atoms with Crippen molar-refractivity contribution in [2.75, 3.05) is 11.7 Å². The maximum Gasteiger partial charge on any atom is 0.344 e. The number of nitrogens with zero attached hydrogens (tertiary/aromatic N) is 4. The van der Waals surface area contributed by atoms with E-state index >= 15 is 0 Å². The van der Waals surface area contributed by atoms with Crippen molar-refractivity contribution in [2.24, 2.45) is 5.84 Å². The molecule has 0 atom stereocenters. The Hall–Kier alpha value is -1.52. The van der Waals surface area contributed by atoms with E-state index in [-0.39, 0.29) is 11.7 Å². The molecule has 0 radical (unpaired) electrons. The van der Waals surface area contributed by atoms with Gasteiger partial charge in [0.25, 0.3) is 0 Å². The lowest BCUT2D eigenvalue weighted by Crippen LogP contribution is -2.19. The third kappa shape index (κ3) is 3.14. The second-order valence-corrected chi connectivity index (χ2v) is 5.86. The average Bonchev–Trinajstić information content (AvgIpc) is 2.79. The summed E-state index contributed by atoms with van der Waals surface area (Å²) in [5, 5.41) is 8.27. The summed E-state index contributed by atoms with van der Waals surface area (Å²) in [6.45, 7) is 3.84. The van der Waals surface area contributed by atoms with Crippen LogP contribution >= 0.6 is 23.5 Å². The number of H-pyrrole nitrogens is 1. The molecule has 0 bridgehead atoms. The van der Waals surface area contributed by atoms with Crippen molar-refractivity contribution in [1.82, 2.24) is 24.7 Å². The number of aromatic nitrogens is 5. The van der Waals surface area contributed by atoms with Crippen molar-refractivity contribution in [3.05, 3.63) is 16.6 Å². The summed E-state index contributed by atoms with van der Waals surface area (Å²) in [4.78, 5) is 20.2. The van der Waals surface area contributed by atoms with Crippen LogP contribution in [0.25, 0.3) is 0 Å². The van der Waals surface area contributed by atoms with Gasteiger partial charge in [0.05, 0.1) is 0 Å². The molecule has 10 heteroatoms. The van der Waals surface area contributed by atoms with E-state index in [0.717, 1.165) is 0 Å². The molecule has 2 rings (SSSR count). The van der Waals surface area contributed by atoms with Crippen LogP contribution in [-0.2, 0) is 0 Å². The zero-order chi connectivity index (χ0) is 14.7. The predicted octanol–water partition coefficient (Wildman–Crippen LogP) is 1.10. The Labute approximate surface area is 123 Å². The normalized spacial score (nSPS) is 11.1. The van der Waals surface area contributed by atoms with Crippen LogP contribution in [0, 0.1) is 0 Å². The van der Waals surface area contributed by atoms with Gasteiger partial charge in [-0.3, -0.25) is 4.57 Å². The van der Waals surface area contributed by atoms with E-state index in [1.54, 1.807) is 10.6 Å². The number of nitrogens with one attached hydrogen (secondary N) is 2. The minimum absolute atomic E-state index is 0.0118. The molecule has 0 amide bonds. The SMILES string of the molecule is CSc1nc(NN)cc(Sc2n[nH]c(=O)n2C(C)C)n1. The third-order valence-electron chi connectivity index (χ3n) is 2.40. The highest BCUT2D eigenvalue weighted by Gasteiger charge is 2.14. The van der Waals surface area contributed by atoms with Crippen LogP contribution in [0.15, 0.2) is 26.2 Å². The lowest BCUT2D eigenvalue weighted by atomic mass is 10.4. The van der Waals surface area contributed by atoms with Gasteiger partial charge in [0.2, 0.25) is 0 Å². The van der Waals surface area contributed by atoms with E-state index in [1.807, 2.05) is 20.1 Å². The molecule has 108 valence electrons. The highest BCUT2D eigenvalue weighted by molar-refractivity contribution is 7.99. The van der Waals surface area contributed by atoms with Crippen molar-refractivity contribution >= 4 is 29.3 Å². The van der Waals surface area contributed by atoms with E-state index in [0.29, 0.717) is 21.2 Å². The van der Waals surface area contributed by atoms with Crippen molar-refractivity contribution in [2.45, 2.75) is 35.2 Å². The van der Waals surface area contributed by atoms with Crippen LogP contribution in [0.4, 0.5) is 5.82 Å². The number of rotatable bonds is 5. The van der Waals surface area contributed by atoms with Gasteiger partial charge in [0.15, 0.2) is 10.3 Å². The maximum absolute atomic E-state index is 11.7. The summed E-state index contributed by atoms with van der Waals surface area (Å²) < 4.78 is 1.57. The molecular formula is C10H15N7OS2. The van der Waals surface area contributed by atoms with Crippen LogP contribution in [0.5, 0.6) is 0 Å². The average molecular weight is 313 g/mol. The molecule has 0 spiro atoms. The van der Waals surface area contributed by atoms with Crippen LogP contribution in [-0.4, -0.2) is 31.0 Å². The van der Waals surface area contributed by atoms with Gasteiger partial charge in [-0.2, -0.15) is 0 Å². The van der Waals surface area contributed by atoms with Crippen molar-refractivity contribution in [1.29, 1.82) is 0 Å². The predicted molar refractivity (Wildman–Crippen MR) is 79.0 cm³/mol. The topological polar surface area (TPSA) is 115 Å². The monoisotopic (exact) mass is 313 g/mol. The van der Waals surface area contributed by atoms with Gasteiger partial charge < -0.3 is 5.43 Å². The molecular weight excluding hydrogens is 298 g/mol. The summed E-state index contributed by atoms with van der Waals surface area (Å²) in [7, 11) is 0. The van der Waals surface area contributed by atoms with E-state index < -0.39 is 0 Å². The molecule has 0 unspecified atom stereocenters. The molecule has 8 nitrogen and oxygen atoms in total. The third-order valence-corrected chi connectivity index (χ3v) is 3.83. The molecule has 2 aromatic heterocycles. The Balaban J connectivity index is 2.37. The fraction of sp³-hybridized carbons (Fsp3) is 0.400. The van der Waals surface area contributed by atoms with Crippen LogP contribution in [0.1, 0.15) is 19.9 Å². The first-order valence-electron chi connectivity index (χ1n) is 5.79. The van der Waals surface area contributed by atoms with Crippen LogP contribution in [0.2, 0.25) is 0 Å². The first-order chi connectivity index (χ1) is 9.55. The highest BCUT2D eigenvalue weighted by atomic mass is 32.2. The standard InChI is InChI=1S/C10H15N7OS2/c1-5(2)17-9(18)15-16-10(17)20-7-4-6(14-11)12-8(13-7)19-3/h4-5H,11H2,1-3H3,(H,15,18)(H,12,13,14). The molecule has 0 aliphatic carbocycles. The summed E-state index contributed by atoms with van der Waals surface area (Å²) in [5.41, 5.74) is 2.26. The van der Waals surface area contributed by atoms with Gasteiger partial charge >= 0.3 is 5.69 Å². The molecule has 0 fully saturated rings. The first kappa shape index (κ1) is 14.9. The van der Waals surface area contributed by atoms with E-state index in [2.05, 4.69) is 25.6 Å². The molecule has 2 aromatic rings. The Bertz CT molecular complexity index is 629. The Morgan fingerprint density at radius 1 is 1.45 bits per heavy atom. The number of aromatic amines is 1. The first-order valence-corrected chi connectivity index (χ1v) is 7.83. The number of anilines is 1. The lowest BCUT2D eigenvalue weighted by molar-refractivity contribution is 0.533. The molecule has 0 aromatic carbocycles. The van der Waals surface area contributed by atoms with Gasteiger partial charge in [-0.05, 0) is 31.9 Å². The molecule has 0 saturated heterocycles. The van der Waals surface area contributed by atoms with Gasteiger partial charge in [0, 0.05) is 12.1 Å². The largest absolute Gasteiger partial charge is 0.344 e. The van der Waals surface area contributed by atoms with E-state index in [1.165, 1.54) is 23.5 Å². The second-order valence-electron chi connectivity index (χ2n) is 4.10. The Kier molecular flexibility index (Phi) is 4.68. The van der Waals surface area contributed by atoms with Crippen molar-refractivity contribution < 1.29 is 0 Å². The van der Waals surface area contributed by atoms with Crippen LogP contribution in [0.3, 0.4) is 0 Å². The lowest BCUT2D eigenvalue weighted by Gasteiger charge is -2.09. The van der Waals surface area contributed by atoms with Crippen molar-refractivity contribution in [3.63, 3.8) is 0 Å². The molecule has 0 aliphatic rings. The van der Waals surface area contributed by atoms with E-state index in [4.69, 9.17) is 5.84 Å². The molecule has 0 saturated carbocycles. The fourth-order valence-corrected chi connectivity index (χ4v) is 2.94. The Morgan fingerprint density at radius 3 is 2.80 bits per heavy atom. The minimum Gasteiger partial charge on any atom is -0.308 e. The summed E-state index contributed by atoms with van der Waals surface area (Å²) in [6, 6.07) is 1.71. The molecule has 2 heterocycles. The molecule has 4 N–H and O–H groups in total. The zero-order valence-corrected chi connectivity index (χ0v) is 12.9. The Morgan fingerprint density at radius 2 is 2.20 bits per heavy atom. The van der Waals surface area contributed by atoms with Gasteiger partial charge in [-0.1, -0.05) is 11.8 Å². The number of thioether (sulfide) groups is 1. The summed E-state index contributed by atoms with van der Waals surface area (Å²) in [6.07, 6.45) is 1.88. The van der Waals surface area contributed by atoms with Crippen LogP contribution < -0.4 is 17.0 Å². The number of hydrogen-bond donors (Lipinski definition) is 3. The maximum atomic E-state index is 11.7. The minimum atomic E-state index is -0.237.